The van der Waals surface area contributed by atoms with E-state index in [2.05, 4.69) is 46.4 Å². The van der Waals surface area contributed by atoms with Gasteiger partial charge in [-0.2, -0.15) is 0 Å². The molecule has 2 heteroatoms. The van der Waals surface area contributed by atoms with Crippen molar-refractivity contribution in [3.8, 4) is 0 Å². The molecule has 0 bridgehead atoms. The van der Waals surface area contributed by atoms with E-state index in [0.29, 0.717) is 5.92 Å². The van der Waals surface area contributed by atoms with Gasteiger partial charge in [-0.1, -0.05) is 35.0 Å². The molecule has 0 fully saturated rings. The van der Waals surface area contributed by atoms with E-state index in [1.807, 2.05) is 0 Å². The Balaban J connectivity index is 2.48. The predicted molar refractivity (Wildman–Crippen MR) is 58.9 cm³/mol. The van der Waals surface area contributed by atoms with E-state index in [-0.39, 0.29) is 0 Å². The molecule has 0 amide bonds. The molecular formula is C11H14BrN. The maximum absolute atomic E-state index is 3.63. The Morgan fingerprint density at radius 3 is 3.15 bits per heavy atom. The molecular weight excluding hydrogens is 226 g/mol. The smallest absolute Gasteiger partial charge is 0.0213 e. The van der Waals surface area contributed by atoms with E-state index in [1.165, 1.54) is 22.0 Å². The van der Waals surface area contributed by atoms with E-state index >= 15 is 0 Å². The van der Waals surface area contributed by atoms with Gasteiger partial charge in [0.25, 0.3) is 0 Å². The van der Waals surface area contributed by atoms with E-state index in [0.717, 1.165) is 13.1 Å². The Bertz CT molecular complexity index is 309. The molecule has 1 aromatic rings. The Morgan fingerprint density at radius 1 is 1.46 bits per heavy atom. The van der Waals surface area contributed by atoms with Crippen LogP contribution in [0.4, 0.5) is 0 Å². The topological polar surface area (TPSA) is 12.0 Å². The van der Waals surface area contributed by atoms with Gasteiger partial charge in [0.1, 0.15) is 0 Å². The summed E-state index contributed by atoms with van der Waals surface area (Å²) in [7, 11) is 0. The molecule has 1 aliphatic heterocycles. The first-order valence-electron chi connectivity index (χ1n) is 4.77. The van der Waals surface area contributed by atoms with Gasteiger partial charge in [-0.05, 0) is 36.1 Å². The van der Waals surface area contributed by atoms with Crippen LogP contribution in [0.5, 0.6) is 0 Å². The van der Waals surface area contributed by atoms with Crippen LogP contribution >= 0.6 is 15.9 Å². The highest BCUT2D eigenvalue weighted by Crippen LogP contribution is 2.31. The number of halogens is 1. The minimum Gasteiger partial charge on any atom is -0.313 e. The van der Waals surface area contributed by atoms with Crippen molar-refractivity contribution in [2.24, 2.45) is 0 Å². The lowest BCUT2D eigenvalue weighted by atomic mass is 9.95. The second-order valence-electron chi connectivity index (χ2n) is 3.68. The average Bonchev–Trinajstić information content (AvgIpc) is 2.29. The highest BCUT2D eigenvalue weighted by atomic mass is 79.9. The van der Waals surface area contributed by atoms with E-state index in [9.17, 15) is 0 Å². The van der Waals surface area contributed by atoms with Crippen LogP contribution in [0.1, 0.15) is 30.4 Å². The monoisotopic (exact) mass is 239 g/mol. The fourth-order valence-corrected chi connectivity index (χ4v) is 2.77. The lowest BCUT2D eigenvalue weighted by molar-refractivity contribution is 0.629. The summed E-state index contributed by atoms with van der Waals surface area (Å²) in [5, 5.41) is 3.44. The standard InChI is InChI=1S/C11H14BrN/c1-8-5-6-13-7-9-3-2-4-10(12)11(8)9/h2-4,8,13H,5-7H2,1H3. The van der Waals surface area contributed by atoms with Crippen molar-refractivity contribution in [3.05, 3.63) is 33.8 Å². The molecule has 1 N–H and O–H groups in total. The molecule has 1 aliphatic rings. The molecule has 0 radical (unpaired) electrons. The van der Waals surface area contributed by atoms with Crippen molar-refractivity contribution in [2.75, 3.05) is 6.54 Å². The average molecular weight is 240 g/mol. The maximum atomic E-state index is 3.63. The lowest BCUT2D eigenvalue weighted by Gasteiger charge is -2.13. The van der Waals surface area contributed by atoms with Gasteiger partial charge in [-0.15, -0.1) is 0 Å². The van der Waals surface area contributed by atoms with E-state index < -0.39 is 0 Å². The second-order valence-corrected chi connectivity index (χ2v) is 4.53. The van der Waals surface area contributed by atoms with Crippen LogP contribution in [0.2, 0.25) is 0 Å². The summed E-state index contributed by atoms with van der Waals surface area (Å²) in [6.45, 7) is 4.44. The van der Waals surface area contributed by atoms with Gasteiger partial charge in [0.2, 0.25) is 0 Å². The number of nitrogens with one attached hydrogen (secondary N) is 1. The minimum absolute atomic E-state index is 0.667. The second kappa shape index (κ2) is 3.81. The SMILES string of the molecule is CC1CCNCc2cccc(Br)c21. The van der Waals surface area contributed by atoms with Crippen LogP contribution in [0, 0.1) is 0 Å². The maximum Gasteiger partial charge on any atom is 0.0213 e. The van der Waals surface area contributed by atoms with Gasteiger partial charge in [-0.3, -0.25) is 0 Å². The molecule has 0 saturated carbocycles. The van der Waals surface area contributed by atoms with Gasteiger partial charge >= 0.3 is 0 Å². The van der Waals surface area contributed by atoms with Crippen LogP contribution in [-0.2, 0) is 6.54 Å². The highest BCUT2D eigenvalue weighted by molar-refractivity contribution is 9.10. The van der Waals surface area contributed by atoms with Crippen LogP contribution in [0.3, 0.4) is 0 Å². The summed E-state index contributed by atoms with van der Waals surface area (Å²) in [5.41, 5.74) is 2.94. The zero-order valence-electron chi connectivity index (χ0n) is 7.81. The van der Waals surface area contributed by atoms with Gasteiger partial charge in [-0.25, -0.2) is 0 Å². The van der Waals surface area contributed by atoms with Gasteiger partial charge < -0.3 is 5.32 Å². The van der Waals surface area contributed by atoms with Crippen LogP contribution in [0.15, 0.2) is 22.7 Å². The molecule has 1 atom stereocenters. The van der Waals surface area contributed by atoms with Crippen LogP contribution in [0.25, 0.3) is 0 Å². The summed E-state index contributed by atoms with van der Waals surface area (Å²) >= 11 is 3.63. The molecule has 1 nitrogen and oxygen atoms in total. The molecule has 1 unspecified atom stereocenters. The summed E-state index contributed by atoms with van der Waals surface area (Å²) < 4.78 is 1.27. The predicted octanol–water partition coefficient (Wildman–Crippen LogP) is 3.05. The highest BCUT2D eigenvalue weighted by Gasteiger charge is 2.16. The van der Waals surface area contributed by atoms with Gasteiger partial charge in [0.05, 0.1) is 0 Å². The number of hydrogen-bond donors (Lipinski definition) is 1. The summed E-state index contributed by atoms with van der Waals surface area (Å²) in [6.07, 6.45) is 1.23. The fourth-order valence-electron chi connectivity index (χ4n) is 1.97. The Kier molecular flexibility index (Phi) is 2.70. The molecule has 70 valence electrons. The fraction of sp³-hybridized carbons (Fsp3) is 0.455. The molecule has 13 heavy (non-hydrogen) atoms. The number of fused-ring (bicyclic) bond motifs is 1. The quantitative estimate of drug-likeness (QED) is 0.734. The lowest BCUT2D eigenvalue weighted by Crippen LogP contribution is -2.12. The first-order chi connectivity index (χ1) is 6.29. The van der Waals surface area contributed by atoms with Crippen molar-refractivity contribution in [1.29, 1.82) is 0 Å². The molecule has 0 aliphatic carbocycles. The van der Waals surface area contributed by atoms with E-state index in [4.69, 9.17) is 0 Å². The molecule has 1 aromatic carbocycles. The van der Waals surface area contributed by atoms with Crippen molar-refractivity contribution >= 4 is 15.9 Å². The molecule has 0 aromatic heterocycles. The number of rotatable bonds is 0. The Morgan fingerprint density at radius 2 is 2.31 bits per heavy atom. The van der Waals surface area contributed by atoms with Crippen molar-refractivity contribution < 1.29 is 0 Å². The van der Waals surface area contributed by atoms with Crippen molar-refractivity contribution in [1.82, 2.24) is 5.32 Å². The number of hydrogen-bond acceptors (Lipinski definition) is 1. The first-order valence-corrected chi connectivity index (χ1v) is 5.56. The first kappa shape index (κ1) is 9.22. The zero-order valence-corrected chi connectivity index (χ0v) is 9.39. The molecule has 0 saturated heterocycles. The third-order valence-electron chi connectivity index (χ3n) is 2.71. The summed E-state index contributed by atoms with van der Waals surface area (Å²) in [5.74, 6) is 0.667. The normalized spacial score (nSPS) is 22.2. The van der Waals surface area contributed by atoms with Crippen LogP contribution < -0.4 is 5.32 Å². The van der Waals surface area contributed by atoms with Gasteiger partial charge in [0.15, 0.2) is 0 Å². The minimum atomic E-state index is 0.667. The van der Waals surface area contributed by atoms with E-state index in [1.54, 1.807) is 0 Å². The molecule has 1 heterocycles. The molecule has 2 rings (SSSR count). The van der Waals surface area contributed by atoms with Crippen LogP contribution in [-0.4, -0.2) is 6.54 Å². The number of benzene rings is 1. The molecule has 0 spiro atoms. The summed E-state index contributed by atoms with van der Waals surface area (Å²) in [6, 6.07) is 6.47. The largest absolute Gasteiger partial charge is 0.313 e. The summed E-state index contributed by atoms with van der Waals surface area (Å²) in [4.78, 5) is 0. The third-order valence-corrected chi connectivity index (χ3v) is 3.40. The Hall–Kier alpha value is -0.340. The Labute approximate surface area is 87.7 Å². The zero-order chi connectivity index (χ0) is 9.26. The third kappa shape index (κ3) is 1.79. The van der Waals surface area contributed by atoms with Crippen molar-refractivity contribution in [2.45, 2.75) is 25.8 Å². The van der Waals surface area contributed by atoms with Gasteiger partial charge in [0, 0.05) is 11.0 Å². The van der Waals surface area contributed by atoms with Crippen molar-refractivity contribution in [3.63, 3.8) is 0 Å².